The van der Waals surface area contributed by atoms with E-state index in [1.807, 2.05) is 61.5 Å². The zero-order valence-corrected chi connectivity index (χ0v) is 21.2. The van der Waals surface area contributed by atoms with Gasteiger partial charge in [0.1, 0.15) is 6.54 Å². The molecule has 0 aromatic heterocycles. The highest BCUT2D eigenvalue weighted by molar-refractivity contribution is 6.30. The van der Waals surface area contributed by atoms with Crippen LogP contribution in [0.4, 0.5) is 5.69 Å². The Balaban J connectivity index is 1.25. The molecule has 0 bridgehead atoms. The number of fused-ring (bicyclic) bond motifs is 1. The van der Waals surface area contributed by atoms with Crippen LogP contribution < -0.4 is 4.90 Å². The molecule has 3 atom stereocenters. The van der Waals surface area contributed by atoms with Crippen LogP contribution in [0.2, 0.25) is 5.02 Å². The van der Waals surface area contributed by atoms with E-state index in [4.69, 9.17) is 11.6 Å². The highest BCUT2D eigenvalue weighted by Gasteiger charge is 2.55. The summed E-state index contributed by atoms with van der Waals surface area (Å²) < 4.78 is 0. The van der Waals surface area contributed by atoms with Crippen molar-refractivity contribution < 1.29 is 14.4 Å². The Hall–Kier alpha value is -4.37. The van der Waals surface area contributed by atoms with Gasteiger partial charge in [-0.3, -0.25) is 19.4 Å². The van der Waals surface area contributed by atoms with E-state index < -0.39 is 23.9 Å². The molecule has 0 radical (unpaired) electrons. The van der Waals surface area contributed by atoms with Crippen LogP contribution in [0, 0.1) is 6.92 Å². The zero-order valence-electron chi connectivity index (χ0n) is 20.4. The highest BCUT2D eigenvalue weighted by Crippen LogP contribution is 2.35. The molecule has 9 nitrogen and oxygen atoms in total. The van der Waals surface area contributed by atoms with Crippen molar-refractivity contribution in [1.29, 1.82) is 0 Å². The third-order valence-corrected chi connectivity index (χ3v) is 7.23. The molecule has 3 aliphatic heterocycles. The fraction of sp³-hybridized carbons (Fsp3) is 0.214. The first-order valence-corrected chi connectivity index (χ1v) is 12.6. The van der Waals surface area contributed by atoms with Crippen LogP contribution in [0.5, 0.6) is 0 Å². The molecule has 3 aromatic rings. The van der Waals surface area contributed by atoms with Crippen LogP contribution in [0.25, 0.3) is 0 Å². The van der Waals surface area contributed by atoms with Gasteiger partial charge in [-0.05, 0) is 42.3 Å². The molecule has 10 heteroatoms. The minimum absolute atomic E-state index is 0.244. The highest BCUT2D eigenvalue weighted by atomic mass is 35.5. The third kappa shape index (κ3) is 4.14. The maximum absolute atomic E-state index is 13.6. The van der Waals surface area contributed by atoms with Gasteiger partial charge in [-0.1, -0.05) is 77.0 Å². The van der Waals surface area contributed by atoms with Gasteiger partial charge in [0.05, 0.1) is 17.4 Å². The Bertz CT molecular complexity index is 1470. The SMILES string of the molecule is Cc1ccc(N2C(=O)C3N=NN(CC(=O)N4N=C(c5ccc(Cl)cc5)CC4c4ccccc4)C3C2=O)cc1. The number of nitrogens with zero attached hydrogens (tertiary/aromatic N) is 6. The number of aryl methyl sites for hydroxylation is 1. The monoisotopic (exact) mass is 526 g/mol. The van der Waals surface area contributed by atoms with E-state index in [0.717, 1.165) is 27.3 Å². The summed E-state index contributed by atoms with van der Waals surface area (Å²) in [7, 11) is 0. The lowest BCUT2D eigenvalue weighted by Gasteiger charge is -2.25. The number of carbonyl (C=O) groups is 3. The lowest BCUT2D eigenvalue weighted by Crippen LogP contribution is -2.44. The Labute approximate surface area is 224 Å². The van der Waals surface area contributed by atoms with Crippen LogP contribution in [-0.4, -0.2) is 52.1 Å². The van der Waals surface area contributed by atoms with Crippen LogP contribution in [-0.2, 0) is 14.4 Å². The van der Waals surface area contributed by atoms with Gasteiger partial charge in [-0.2, -0.15) is 10.2 Å². The summed E-state index contributed by atoms with van der Waals surface area (Å²) in [5, 5.41) is 16.1. The molecule has 0 aliphatic carbocycles. The minimum Gasteiger partial charge on any atom is -0.271 e. The number of amides is 3. The second kappa shape index (κ2) is 9.50. The molecule has 1 saturated heterocycles. The maximum atomic E-state index is 13.6. The predicted molar refractivity (Wildman–Crippen MR) is 141 cm³/mol. The average molecular weight is 527 g/mol. The maximum Gasteiger partial charge on any atom is 0.264 e. The van der Waals surface area contributed by atoms with Crippen molar-refractivity contribution in [3.8, 4) is 0 Å². The molecular formula is C28H23ClN6O3. The quantitative estimate of drug-likeness (QED) is 0.462. The smallest absolute Gasteiger partial charge is 0.264 e. The van der Waals surface area contributed by atoms with E-state index in [-0.39, 0.29) is 18.5 Å². The lowest BCUT2D eigenvalue weighted by atomic mass is 9.98. The van der Waals surface area contributed by atoms with Crippen LogP contribution in [0.1, 0.15) is 29.2 Å². The first-order chi connectivity index (χ1) is 18.4. The number of carbonyl (C=O) groups excluding carboxylic acids is 3. The van der Waals surface area contributed by atoms with Crippen molar-refractivity contribution in [2.24, 2.45) is 15.4 Å². The molecule has 1 fully saturated rings. The van der Waals surface area contributed by atoms with Gasteiger partial charge < -0.3 is 0 Å². The van der Waals surface area contributed by atoms with Crippen LogP contribution in [0.15, 0.2) is 94.3 Å². The molecule has 0 spiro atoms. The fourth-order valence-electron chi connectivity index (χ4n) is 5.01. The number of benzene rings is 3. The summed E-state index contributed by atoms with van der Waals surface area (Å²) in [5.41, 5.74) is 4.05. The van der Waals surface area contributed by atoms with Gasteiger partial charge in [-0.25, -0.2) is 9.91 Å². The largest absolute Gasteiger partial charge is 0.271 e. The zero-order chi connectivity index (χ0) is 26.4. The summed E-state index contributed by atoms with van der Waals surface area (Å²) in [4.78, 5) is 41.1. The van der Waals surface area contributed by atoms with Crippen molar-refractivity contribution in [2.45, 2.75) is 31.5 Å². The number of hydrazone groups is 1. The number of rotatable bonds is 5. The molecule has 0 saturated carbocycles. The number of anilines is 1. The third-order valence-electron chi connectivity index (χ3n) is 6.98. The van der Waals surface area contributed by atoms with Gasteiger partial charge in [0.25, 0.3) is 17.7 Å². The number of hydrogen-bond acceptors (Lipinski definition) is 7. The van der Waals surface area contributed by atoms with Crippen molar-refractivity contribution in [1.82, 2.24) is 10.0 Å². The Morgan fingerprint density at radius 1 is 0.947 bits per heavy atom. The lowest BCUT2D eigenvalue weighted by molar-refractivity contribution is -0.135. The molecular weight excluding hydrogens is 504 g/mol. The summed E-state index contributed by atoms with van der Waals surface area (Å²) in [5.74, 6) is -1.25. The van der Waals surface area contributed by atoms with Crippen LogP contribution >= 0.6 is 11.6 Å². The van der Waals surface area contributed by atoms with Crippen LogP contribution in [0.3, 0.4) is 0 Å². The Kier molecular flexibility index (Phi) is 6.00. The molecule has 3 heterocycles. The van der Waals surface area contributed by atoms with E-state index in [2.05, 4.69) is 15.4 Å². The number of imide groups is 1. The van der Waals surface area contributed by atoms with Gasteiger partial charge >= 0.3 is 0 Å². The number of halogens is 1. The van der Waals surface area contributed by atoms with E-state index in [1.165, 1.54) is 10.0 Å². The van der Waals surface area contributed by atoms with Crippen molar-refractivity contribution in [3.05, 3.63) is 101 Å². The predicted octanol–water partition coefficient (Wildman–Crippen LogP) is 4.32. The van der Waals surface area contributed by atoms with Gasteiger partial charge in [0.15, 0.2) is 12.1 Å². The molecule has 3 amide bonds. The molecule has 38 heavy (non-hydrogen) atoms. The summed E-state index contributed by atoms with van der Waals surface area (Å²) >= 11 is 6.06. The van der Waals surface area contributed by atoms with Crippen molar-refractivity contribution >= 4 is 40.7 Å². The molecule has 3 aromatic carbocycles. The van der Waals surface area contributed by atoms with E-state index in [1.54, 1.807) is 24.3 Å². The molecule has 190 valence electrons. The second-order valence-electron chi connectivity index (χ2n) is 9.46. The van der Waals surface area contributed by atoms with E-state index in [0.29, 0.717) is 17.1 Å². The molecule has 0 N–H and O–H groups in total. The Morgan fingerprint density at radius 2 is 1.66 bits per heavy atom. The molecule has 6 rings (SSSR count). The standard InChI is InChI=1S/C28H23ClN6O3/c1-17-7-13-21(14-8-17)34-27(37)25-26(28(34)38)33(32-30-25)16-24(36)35-23(19-5-3-2-4-6-19)15-22(31-35)18-9-11-20(29)12-10-18/h2-14,23,25-26H,15-16H2,1H3. The van der Waals surface area contributed by atoms with Gasteiger partial charge in [0.2, 0.25) is 0 Å². The first-order valence-electron chi connectivity index (χ1n) is 12.2. The minimum atomic E-state index is -0.978. The Morgan fingerprint density at radius 3 is 2.37 bits per heavy atom. The summed E-state index contributed by atoms with van der Waals surface area (Å²) in [6.07, 6.45) is 0.517. The second-order valence-corrected chi connectivity index (χ2v) is 9.90. The fourth-order valence-corrected chi connectivity index (χ4v) is 5.13. The summed E-state index contributed by atoms with van der Waals surface area (Å²) in [6.45, 7) is 1.68. The molecule has 3 unspecified atom stereocenters. The van der Waals surface area contributed by atoms with Crippen molar-refractivity contribution in [2.75, 3.05) is 11.4 Å². The molecule has 3 aliphatic rings. The normalized spacial score (nSPS) is 22.3. The van der Waals surface area contributed by atoms with E-state index in [9.17, 15) is 14.4 Å². The first kappa shape index (κ1) is 24.0. The average Bonchev–Trinajstić information content (AvgIpc) is 3.61. The van der Waals surface area contributed by atoms with Gasteiger partial charge in [-0.15, -0.1) is 0 Å². The van der Waals surface area contributed by atoms with Gasteiger partial charge in [0, 0.05) is 11.4 Å². The number of hydrogen-bond donors (Lipinski definition) is 0. The van der Waals surface area contributed by atoms with E-state index >= 15 is 0 Å². The topological polar surface area (TPSA) is 98.0 Å². The van der Waals surface area contributed by atoms with Crippen molar-refractivity contribution in [3.63, 3.8) is 0 Å². The summed E-state index contributed by atoms with van der Waals surface area (Å²) in [6, 6.07) is 21.8.